The average molecular weight is 931 g/mol. The molecule has 0 saturated carbocycles. The smallest absolute Gasteiger partial charge is 0.325 e. The predicted octanol–water partition coefficient (Wildman–Crippen LogP) is 7.46. The fourth-order valence-electron chi connectivity index (χ4n) is 4.47. The molecule has 0 bridgehead atoms. The minimum absolute atomic E-state index is 0.00753. The SMILES string of the molecule is C=O.C=O.CC.CC.CC.CC(C)C.Cc1ccc(Nc2c(C(=O)NOCCOC(=O)CNC(=O)CCCC(=O)OCC(OC(CO)C(C)C)OC(C)(C)C)cc(C)c(=O)n2C)c(F)c1. The number of hydroxylamine groups is 1. The predicted molar refractivity (Wildman–Crippen MR) is 253 cm³/mol. The Bertz CT molecular complexity index is 1640. The fourth-order valence-corrected chi connectivity index (χ4v) is 4.47. The highest BCUT2D eigenvalue weighted by molar-refractivity contribution is 5.99. The molecular formula is C47H83FN4O13. The van der Waals surface area contributed by atoms with Gasteiger partial charge in [-0.15, -0.1) is 0 Å². The van der Waals surface area contributed by atoms with E-state index in [0.717, 1.165) is 5.92 Å². The first-order valence-electron chi connectivity index (χ1n) is 21.9. The van der Waals surface area contributed by atoms with Gasteiger partial charge < -0.3 is 44.3 Å². The largest absolute Gasteiger partial charge is 0.462 e. The molecule has 0 fully saturated rings. The van der Waals surface area contributed by atoms with Crippen LogP contribution in [-0.2, 0) is 54.8 Å². The highest BCUT2D eigenvalue weighted by Crippen LogP contribution is 2.23. The van der Waals surface area contributed by atoms with Crippen molar-refractivity contribution in [1.82, 2.24) is 15.4 Å². The van der Waals surface area contributed by atoms with E-state index in [-0.39, 0.29) is 79.8 Å². The van der Waals surface area contributed by atoms with Crippen LogP contribution < -0.4 is 21.7 Å². The number of nitrogens with zero attached hydrogens (tertiary/aromatic N) is 1. The summed E-state index contributed by atoms with van der Waals surface area (Å²) in [6.07, 6.45) is -1.33. The van der Waals surface area contributed by atoms with E-state index in [1.54, 1.807) is 13.0 Å². The van der Waals surface area contributed by atoms with Crippen molar-refractivity contribution in [1.29, 1.82) is 0 Å². The number of pyridine rings is 1. The zero-order valence-corrected chi connectivity index (χ0v) is 42.4. The summed E-state index contributed by atoms with van der Waals surface area (Å²) in [5, 5.41) is 14.8. The number of halogens is 1. The van der Waals surface area contributed by atoms with Gasteiger partial charge in [0.05, 0.1) is 29.6 Å². The van der Waals surface area contributed by atoms with Gasteiger partial charge in [-0.25, -0.2) is 9.87 Å². The second-order valence-electron chi connectivity index (χ2n) is 14.9. The van der Waals surface area contributed by atoms with Crippen LogP contribution in [-0.4, -0.2) is 98.0 Å². The molecule has 2 aromatic rings. The number of aromatic nitrogens is 1. The van der Waals surface area contributed by atoms with Crippen molar-refractivity contribution in [2.75, 3.05) is 38.3 Å². The Hall–Kier alpha value is -5.04. The number of aryl methyl sites for hydroxylation is 2. The quantitative estimate of drug-likeness (QED) is 0.0438. The van der Waals surface area contributed by atoms with Crippen LogP contribution in [0.4, 0.5) is 15.9 Å². The summed E-state index contributed by atoms with van der Waals surface area (Å²) in [6, 6.07) is 5.82. The summed E-state index contributed by atoms with van der Waals surface area (Å²) in [4.78, 5) is 83.0. The summed E-state index contributed by atoms with van der Waals surface area (Å²) < 4.78 is 37.5. The second kappa shape index (κ2) is 41.7. The van der Waals surface area contributed by atoms with Crippen molar-refractivity contribution >= 4 is 48.8 Å². The van der Waals surface area contributed by atoms with E-state index >= 15 is 0 Å². The molecule has 2 amide bonds. The summed E-state index contributed by atoms with van der Waals surface area (Å²) >= 11 is 0. The van der Waals surface area contributed by atoms with E-state index in [1.807, 2.05) is 89.7 Å². The van der Waals surface area contributed by atoms with Gasteiger partial charge in [-0.3, -0.25) is 33.4 Å². The van der Waals surface area contributed by atoms with Gasteiger partial charge in [-0.05, 0) is 76.6 Å². The van der Waals surface area contributed by atoms with Gasteiger partial charge in [0, 0.05) is 25.5 Å². The van der Waals surface area contributed by atoms with Gasteiger partial charge in [0.2, 0.25) is 5.91 Å². The molecule has 65 heavy (non-hydrogen) atoms. The lowest BCUT2D eigenvalue weighted by Gasteiger charge is -2.31. The van der Waals surface area contributed by atoms with Crippen molar-refractivity contribution in [3.8, 4) is 0 Å². The van der Waals surface area contributed by atoms with Crippen LogP contribution in [0.1, 0.15) is 138 Å². The Morgan fingerprint density at radius 2 is 1.40 bits per heavy atom. The molecule has 0 saturated heterocycles. The molecule has 1 heterocycles. The average Bonchev–Trinajstić information content (AvgIpc) is 3.27. The minimum atomic E-state index is -0.888. The standard InChI is InChI=1S/C35H51FN4O11.C4H10.3C2H6.2CH2O/c1-21(2)27(19-41)50-31(51-35(5,6)7)20-48-29(43)11-9-10-28(42)37-18-30(44)47-14-15-49-39-33(45)24-17-23(4)34(46)40(8)32(24)38-26-13-12-22(3)16-25(26)36;1-4(2)3;5*1-2/h12-13,16-17,21,27,31,38,41H,9-11,14-15,18-20H2,1-8H3,(H,37,42)(H,39,45);4H,1-3H3;3*1-2H3;2*1H2. The number of ether oxygens (including phenoxy) is 4. The summed E-state index contributed by atoms with van der Waals surface area (Å²) in [5.74, 6) is -2.23. The summed E-state index contributed by atoms with van der Waals surface area (Å²) in [5.41, 5.74) is 2.27. The number of carbonyl (C=O) groups excluding carboxylic acids is 6. The number of hydrogen-bond donors (Lipinski definition) is 4. The maximum absolute atomic E-state index is 14.5. The van der Waals surface area contributed by atoms with Crippen molar-refractivity contribution in [2.45, 2.75) is 148 Å². The van der Waals surface area contributed by atoms with Crippen LogP contribution in [0.5, 0.6) is 0 Å². The third-order valence-corrected chi connectivity index (χ3v) is 7.16. The van der Waals surface area contributed by atoms with Crippen molar-refractivity contribution < 1.29 is 62.0 Å². The second-order valence-corrected chi connectivity index (χ2v) is 14.9. The van der Waals surface area contributed by atoms with E-state index < -0.39 is 54.1 Å². The monoisotopic (exact) mass is 931 g/mol. The lowest BCUT2D eigenvalue weighted by molar-refractivity contribution is -0.243. The molecule has 1 aromatic heterocycles. The molecule has 17 nitrogen and oxygen atoms in total. The van der Waals surface area contributed by atoms with Crippen LogP contribution in [0.3, 0.4) is 0 Å². The molecule has 2 rings (SSSR count). The topological polar surface area (TPSA) is 227 Å². The highest BCUT2D eigenvalue weighted by Gasteiger charge is 2.26. The van der Waals surface area contributed by atoms with Crippen molar-refractivity contribution in [3.63, 3.8) is 0 Å². The van der Waals surface area contributed by atoms with Gasteiger partial charge in [0.25, 0.3) is 11.5 Å². The van der Waals surface area contributed by atoms with Crippen LogP contribution >= 0.6 is 0 Å². The zero-order chi connectivity index (χ0) is 51.9. The van der Waals surface area contributed by atoms with E-state index in [2.05, 4.69) is 36.9 Å². The van der Waals surface area contributed by atoms with Crippen LogP contribution in [0.25, 0.3) is 0 Å². The first-order chi connectivity index (χ1) is 30.6. The molecule has 0 aliphatic heterocycles. The van der Waals surface area contributed by atoms with E-state index in [0.29, 0.717) is 5.56 Å². The Kier molecular flexibility index (Phi) is 44.2. The van der Waals surface area contributed by atoms with Crippen LogP contribution in [0.2, 0.25) is 0 Å². The first kappa shape index (κ1) is 69.0. The molecule has 0 radical (unpaired) electrons. The highest BCUT2D eigenvalue weighted by atomic mass is 19.1. The maximum atomic E-state index is 14.5. The molecule has 0 spiro atoms. The Morgan fingerprint density at radius 3 is 1.89 bits per heavy atom. The summed E-state index contributed by atoms with van der Waals surface area (Å²) in [7, 11) is 1.44. The van der Waals surface area contributed by atoms with Crippen molar-refractivity contribution in [2.24, 2.45) is 18.9 Å². The number of esters is 2. The van der Waals surface area contributed by atoms with Gasteiger partial charge in [-0.2, -0.15) is 0 Å². The molecule has 4 N–H and O–H groups in total. The third-order valence-electron chi connectivity index (χ3n) is 7.16. The number of benzene rings is 1. The molecule has 376 valence electrons. The van der Waals surface area contributed by atoms with E-state index in [4.69, 9.17) is 33.4 Å². The summed E-state index contributed by atoms with van der Waals surface area (Å²) in [6.45, 7) is 33.7. The van der Waals surface area contributed by atoms with Gasteiger partial charge >= 0.3 is 11.9 Å². The Balaban J connectivity index is -0.000000769. The number of aliphatic hydroxyl groups excluding tert-OH is 1. The molecule has 1 aromatic carbocycles. The number of aliphatic hydroxyl groups is 1. The number of nitrogens with one attached hydrogen (secondary N) is 3. The molecule has 2 atom stereocenters. The lowest BCUT2D eigenvalue weighted by atomic mass is 10.1. The number of carbonyl (C=O) groups is 6. The fraction of sp³-hybridized carbons (Fsp3) is 0.638. The molecular weight excluding hydrogens is 848 g/mol. The first-order valence-corrected chi connectivity index (χ1v) is 21.9. The number of rotatable bonds is 20. The Labute approximate surface area is 387 Å². The lowest BCUT2D eigenvalue weighted by Crippen LogP contribution is -2.39. The van der Waals surface area contributed by atoms with Gasteiger partial charge in [0.15, 0.2) is 6.29 Å². The van der Waals surface area contributed by atoms with E-state index in [1.165, 1.54) is 36.7 Å². The molecule has 18 heteroatoms. The number of amides is 2. The zero-order valence-electron chi connectivity index (χ0n) is 42.4. The van der Waals surface area contributed by atoms with Gasteiger partial charge in [0.1, 0.15) is 51.6 Å². The van der Waals surface area contributed by atoms with Crippen molar-refractivity contribution in [3.05, 3.63) is 57.1 Å². The number of hydrogen-bond acceptors (Lipinski definition) is 14. The minimum Gasteiger partial charge on any atom is -0.462 e. The van der Waals surface area contributed by atoms with Crippen LogP contribution in [0, 0.1) is 31.5 Å². The van der Waals surface area contributed by atoms with E-state index in [9.17, 15) is 33.5 Å². The number of anilines is 2. The third kappa shape index (κ3) is 34.0. The molecule has 0 aliphatic rings. The van der Waals surface area contributed by atoms with Gasteiger partial charge in [-0.1, -0.05) is 82.2 Å². The maximum Gasteiger partial charge on any atom is 0.325 e. The normalized spacial score (nSPS) is 10.8. The molecule has 2 unspecified atom stereocenters. The van der Waals surface area contributed by atoms with Crippen LogP contribution in [0.15, 0.2) is 29.1 Å². The molecule has 0 aliphatic carbocycles. The Morgan fingerprint density at radius 1 is 0.846 bits per heavy atom.